The van der Waals surface area contributed by atoms with Crippen LogP contribution in [-0.2, 0) is 19.7 Å². The molecule has 0 unspecified atom stereocenters. The van der Waals surface area contributed by atoms with E-state index in [9.17, 15) is 13.2 Å². The van der Waals surface area contributed by atoms with Gasteiger partial charge in [-0.05, 0) is 46.9 Å². The van der Waals surface area contributed by atoms with Gasteiger partial charge in [-0.25, -0.2) is 13.2 Å². The highest BCUT2D eigenvalue weighted by atomic mass is 127. The van der Waals surface area contributed by atoms with E-state index in [1.165, 1.54) is 12.1 Å². The van der Waals surface area contributed by atoms with Crippen LogP contribution in [0.5, 0.6) is 0 Å². The summed E-state index contributed by atoms with van der Waals surface area (Å²) in [5.74, 6) is -1.26. The summed E-state index contributed by atoms with van der Waals surface area (Å²) >= 11 is 2.04. The number of hydrogen-bond acceptors (Lipinski definition) is 4. The molecule has 0 heterocycles. The second kappa shape index (κ2) is 5.57. The van der Waals surface area contributed by atoms with Crippen LogP contribution in [-0.4, -0.2) is 26.1 Å². The van der Waals surface area contributed by atoms with Gasteiger partial charge in [0.25, 0.3) is 10.0 Å². The molecule has 0 radical (unpaired) electrons. The molecule has 0 aliphatic heterocycles. The first-order valence-corrected chi connectivity index (χ1v) is 6.59. The second-order valence-corrected chi connectivity index (χ2v) is 5.61. The van der Waals surface area contributed by atoms with Crippen molar-refractivity contribution in [3.63, 3.8) is 0 Å². The Morgan fingerprint density at radius 1 is 1.38 bits per heavy atom. The van der Waals surface area contributed by atoms with Gasteiger partial charge in [0.05, 0.1) is 4.90 Å². The fraction of sp³-hybridized carbons (Fsp3) is 0.125. The SMILES string of the molecule is O=C(O)CONS(=O)(=O)c1ccc(I)cc1. The van der Waals surface area contributed by atoms with Crippen molar-refractivity contribution in [3.8, 4) is 0 Å². The summed E-state index contributed by atoms with van der Waals surface area (Å²) in [6.45, 7) is -0.733. The Bertz CT molecular complexity index is 470. The molecule has 1 aromatic carbocycles. The first-order valence-electron chi connectivity index (χ1n) is 4.03. The Morgan fingerprint density at radius 3 is 2.44 bits per heavy atom. The van der Waals surface area contributed by atoms with Gasteiger partial charge < -0.3 is 5.11 Å². The zero-order valence-corrected chi connectivity index (χ0v) is 10.9. The maximum Gasteiger partial charge on any atom is 0.331 e. The number of sulfonamides is 1. The minimum Gasteiger partial charge on any atom is -0.479 e. The van der Waals surface area contributed by atoms with E-state index in [1.54, 1.807) is 17.0 Å². The molecule has 16 heavy (non-hydrogen) atoms. The summed E-state index contributed by atoms with van der Waals surface area (Å²) in [7, 11) is -3.81. The normalized spacial score (nSPS) is 11.3. The number of carbonyl (C=O) groups is 1. The van der Waals surface area contributed by atoms with Crippen molar-refractivity contribution in [2.45, 2.75) is 4.90 Å². The average molecular weight is 357 g/mol. The summed E-state index contributed by atoms with van der Waals surface area (Å²) < 4.78 is 23.9. The van der Waals surface area contributed by atoms with Gasteiger partial charge in [0.2, 0.25) is 0 Å². The quantitative estimate of drug-likeness (QED) is 0.594. The number of carboxylic acids is 1. The van der Waals surface area contributed by atoms with E-state index < -0.39 is 22.6 Å². The highest BCUT2D eigenvalue weighted by Gasteiger charge is 2.14. The molecule has 0 aliphatic rings. The van der Waals surface area contributed by atoms with Crippen LogP contribution in [0, 0.1) is 3.57 Å². The molecule has 2 N–H and O–H groups in total. The second-order valence-electron chi connectivity index (χ2n) is 2.72. The number of benzene rings is 1. The van der Waals surface area contributed by atoms with Gasteiger partial charge in [0, 0.05) is 3.57 Å². The summed E-state index contributed by atoms with van der Waals surface area (Å²) in [6, 6.07) is 6.03. The lowest BCUT2D eigenvalue weighted by Crippen LogP contribution is -2.26. The van der Waals surface area contributed by atoms with Crippen LogP contribution >= 0.6 is 22.6 Å². The Balaban J connectivity index is 2.71. The largest absolute Gasteiger partial charge is 0.479 e. The first-order chi connectivity index (χ1) is 7.42. The van der Waals surface area contributed by atoms with Crippen molar-refractivity contribution in [2.75, 3.05) is 6.61 Å². The number of nitrogens with one attached hydrogen (secondary N) is 1. The average Bonchev–Trinajstić information content (AvgIpc) is 2.17. The monoisotopic (exact) mass is 357 g/mol. The maximum atomic E-state index is 11.5. The Kier molecular flexibility index (Phi) is 4.65. The molecular weight excluding hydrogens is 349 g/mol. The molecule has 0 amide bonds. The number of carboxylic acid groups (broad SMARTS) is 1. The van der Waals surface area contributed by atoms with Gasteiger partial charge in [0.15, 0.2) is 6.61 Å². The molecule has 6 nitrogen and oxygen atoms in total. The Labute approximate surface area is 106 Å². The van der Waals surface area contributed by atoms with Crippen LogP contribution in [0.15, 0.2) is 29.2 Å². The van der Waals surface area contributed by atoms with Crippen molar-refractivity contribution < 1.29 is 23.2 Å². The number of rotatable bonds is 5. The van der Waals surface area contributed by atoms with Crippen molar-refractivity contribution >= 4 is 38.6 Å². The van der Waals surface area contributed by atoms with Gasteiger partial charge in [-0.1, -0.05) is 4.89 Å². The molecule has 0 atom stereocenters. The van der Waals surface area contributed by atoms with Gasteiger partial charge in [-0.2, -0.15) is 0 Å². The Morgan fingerprint density at radius 2 is 1.94 bits per heavy atom. The van der Waals surface area contributed by atoms with Crippen LogP contribution in [0.3, 0.4) is 0 Å². The zero-order chi connectivity index (χ0) is 12.2. The molecule has 0 aliphatic carbocycles. The fourth-order valence-corrected chi connectivity index (χ4v) is 1.99. The van der Waals surface area contributed by atoms with Crippen molar-refractivity contribution in [1.29, 1.82) is 0 Å². The van der Waals surface area contributed by atoms with Gasteiger partial charge in [-0.15, -0.1) is 0 Å². The minimum absolute atomic E-state index is 0.0123. The molecule has 0 saturated heterocycles. The van der Waals surface area contributed by atoms with E-state index in [1.807, 2.05) is 22.6 Å². The lowest BCUT2D eigenvalue weighted by Gasteiger charge is -2.05. The van der Waals surface area contributed by atoms with Crippen molar-refractivity contribution in [3.05, 3.63) is 27.8 Å². The molecule has 0 spiro atoms. The van der Waals surface area contributed by atoms with Gasteiger partial charge >= 0.3 is 5.97 Å². The lowest BCUT2D eigenvalue weighted by molar-refractivity contribution is -0.143. The molecule has 0 bridgehead atoms. The molecule has 1 aromatic rings. The number of aliphatic carboxylic acids is 1. The van der Waals surface area contributed by atoms with Crippen LogP contribution < -0.4 is 4.89 Å². The van der Waals surface area contributed by atoms with E-state index in [4.69, 9.17) is 5.11 Å². The maximum absolute atomic E-state index is 11.5. The third-order valence-corrected chi connectivity index (χ3v) is 3.44. The lowest BCUT2D eigenvalue weighted by atomic mass is 10.4. The minimum atomic E-state index is -3.81. The fourth-order valence-electron chi connectivity index (χ4n) is 0.831. The van der Waals surface area contributed by atoms with E-state index in [-0.39, 0.29) is 4.90 Å². The van der Waals surface area contributed by atoms with E-state index in [2.05, 4.69) is 4.84 Å². The highest BCUT2D eigenvalue weighted by molar-refractivity contribution is 14.1. The predicted octanol–water partition coefficient (Wildman–Crippen LogP) is 0.586. The van der Waals surface area contributed by atoms with Crippen LogP contribution in [0.2, 0.25) is 0 Å². The van der Waals surface area contributed by atoms with Gasteiger partial charge in [-0.3, -0.25) is 4.84 Å². The molecule has 88 valence electrons. The molecule has 8 heteroatoms. The zero-order valence-electron chi connectivity index (χ0n) is 7.88. The summed E-state index contributed by atoms with van der Waals surface area (Å²) in [5.41, 5.74) is 0. The van der Waals surface area contributed by atoms with Crippen molar-refractivity contribution in [1.82, 2.24) is 4.89 Å². The molecule has 0 fully saturated rings. The number of hydrogen-bond donors (Lipinski definition) is 2. The first kappa shape index (κ1) is 13.4. The van der Waals surface area contributed by atoms with E-state index in [0.29, 0.717) is 0 Å². The summed E-state index contributed by atoms with van der Waals surface area (Å²) in [6.07, 6.45) is 0. The van der Waals surface area contributed by atoms with E-state index >= 15 is 0 Å². The van der Waals surface area contributed by atoms with Crippen LogP contribution in [0.1, 0.15) is 0 Å². The summed E-state index contributed by atoms with van der Waals surface area (Å²) in [5, 5.41) is 8.26. The van der Waals surface area contributed by atoms with Crippen LogP contribution in [0.4, 0.5) is 0 Å². The van der Waals surface area contributed by atoms with Crippen LogP contribution in [0.25, 0.3) is 0 Å². The van der Waals surface area contributed by atoms with Crippen molar-refractivity contribution in [2.24, 2.45) is 0 Å². The third-order valence-electron chi connectivity index (χ3n) is 1.49. The highest BCUT2D eigenvalue weighted by Crippen LogP contribution is 2.11. The van der Waals surface area contributed by atoms with Gasteiger partial charge in [0.1, 0.15) is 0 Å². The third kappa shape index (κ3) is 4.04. The standard InChI is InChI=1S/C8H8INO5S/c9-6-1-3-7(4-2-6)16(13,14)10-15-5-8(11)12/h1-4,10H,5H2,(H,11,12). The molecule has 0 aromatic heterocycles. The predicted molar refractivity (Wildman–Crippen MR) is 63.1 cm³/mol. The number of halogens is 1. The molecule has 1 rings (SSSR count). The topological polar surface area (TPSA) is 92.7 Å². The summed E-state index contributed by atoms with van der Waals surface area (Å²) in [4.78, 5) is 16.1. The molecular formula is C8H8INO5S. The smallest absolute Gasteiger partial charge is 0.331 e. The molecule has 0 saturated carbocycles. The Hall–Kier alpha value is -0.710. The van der Waals surface area contributed by atoms with E-state index in [0.717, 1.165) is 3.57 Å².